The molecule has 0 bridgehead atoms. The zero-order chi connectivity index (χ0) is 6.78. The number of primary amides is 1. The molecule has 0 rings (SSSR count). The van der Waals surface area contributed by atoms with Crippen molar-refractivity contribution in [2.24, 2.45) is 5.73 Å². The predicted molar refractivity (Wildman–Crippen MR) is 24.3 cm³/mol. The number of hydrogen-bond acceptors (Lipinski definition) is 3. The molecule has 6 nitrogen and oxygen atoms in total. The molecule has 0 saturated carbocycles. The van der Waals surface area contributed by atoms with Crippen LogP contribution in [0.25, 0.3) is 0 Å². The predicted octanol–water partition coefficient (Wildman–Crippen LogP) is -1.54. The average Bonchev–Trinajstić information content (AvgIpc) is 1.21. The van der Waals surface area contributed by atoms with E-state index < -0.39 is 16.3 Å². The number of amides is 2. The van der Waals surface area contributed by atoms with Crippen molar-refractivity contribution in [2.75, 3.05) is 0 Å². The normalized spacial score (nSPS) is 10.6. The minimum atomic E-state index is -4.45. The molecule has 0 aromatic heterocycles. The van der Waals surface area contributed by atoms with Gasteiger partial charge in [0, 0.05) is 0 Å². The van der Waals surface area contributed by atoms with E-state index in [1.807, 2.05) is 0 Å². The molecule has 0 aliphatic rings. The summed E-state index contributed by atoms with van der Waals surface area (Å²) < 4.78 is 28.0. The molecular formula is CH4N2O4S. The van der Waals surface area contributed by atoms with E-state index in [4.69, 9.17) is 4.55 Å². The summed E-state index contributed by atoms with van der Waals surface area (Å²) in [6, 6.07) is -1.31. The van der Waals surface area contributed by atoms with E-state index in [1.165, 1.54) is 0 Å². The summed E-state index contributed by atoms with van der Waals surface area (Å²) in [5.41, 5.74) is 4.29. The van der Waals surface area contributed by atoms with Gasteiger partial charge in [-0.25, -0.2) is 9.52 Å². The van der Waals surface area contributed by atoms with Crippen LogP contribution in [-0.4, -0.2) is 19.0 Å². The smallest absolute Gasteiger partial charge is 0.351 e. The van der Waals surface area contributed by atoms with Gasteiger partial charge in [-0.1, -0.05) is 0 Å². The van der Waals surface area contributed by atoms with Gasteiger partial charge in [-0.3, -0.25) is 4.55 Å². The zero-order valence-corrected chi connectivity index (χ0v) is 4.47. The van der Waals surface area contributed by atoms with Gasteiger partial charge in [-0.05, 0) is 0 Å². The van der Waals surface area contributed by atoms with Crippen molar-refractivity contribution in [3.8, 4) is 0 Å². The third-order valence-electron chi connectivity index (χ3n) is 0.230. The van der Waals surface area contributed by atoms with E-state index in [1.54, 1.807) is 0 Å². The van der Waals surface area contributed by atoms with Crippen molar-refractivity contribution in [2.45, 2.75) is 0 Å². The number of carbonyl (C=O) groups excluding carboxylic acids is 1. The molecule has 0 saturated heterocycles. The fraction of sp³-hybridized carbons (Fsp3) is 0. The summed E-state index contributed by atoms with van der Waals surface area (Å²) >= 11 is 0. The molecule has 0 aliphatic heterocycles. The lowest BCUT2D eigenvalue weighted by atomic mass is 11.2. The summed E-state index contributed by atoms with van der Waals surface area (Å²) in [6.45, 7) is 0. The Kier molecular flexibility index (Phi) is 1.77. The molecule has 4 N–H and O–H groups in total. The van der Waals surface area contributed by atoms with Crippen molar-refractivity contribution in [3.63, 3.8) is 0 Å². The lowest BCUT2D eigenvalue weighted by molar-refractivity contribution is 0.252. The first-order valence-electron chi connectivity index (χ1n) is 1.46. The molecule has 0 radical (unpaired) electrons. The first kappa shape index (κ1) is 7.18. The Labute approximate surface area is 45.6 Å². The van der Waals surface area contributed by atoms with Crippen LogP contribution in [0.2, 0.25) is 0 Å². The van der Waals surface area contributed by atoms with Crippen molar-refractivity contribution < 1.29 is 17.8 Å². The molecular weight excluding hydrogens is 136 g/mol. The van der Waals surface area contributed by atoms with Gasteiger partial charge in [0.05, 0.1) is 0 Å². The minimum absolute atomic E-state index is 1.05. The fourth-order valence-electron chi connectivity index (χ4n) is 0.127. The van der Waals surface area contributed by atoms with E-state index in [9.17, 15) is 13.2 Å². The topological polar surface area (TPSA) is 109 Å². The van der Waals surface area contributed by atoms with Crippen LogP contribution in [0.1, 0.15) is 0 Å². The van der Waals surface area contributed by atoms with Crippen LogP contribution in [0.15, 0.2) is 0 Å². The molecule has 0 atom stereocenters. The number of carbonyl (C=O) groups is 1. The van der Waals surface area contributed by atoms with Crippen LogP contribution >= 0.6 is 0 Å². The molecule has 0 aliphatic carbocycles. The highest BCUT2D eigenvalue weighted by atomic mass is 32.2. The van der Waals surface area contributed by atoms with Gasteiger partial charge in [-0.2, -0.15) is 8.42 Å². The molecule has 7 heteroatoms. The summed E-state index contributed by atoms with van der Waals surface area (Å²) in [5, 5.41) is 0. The van der Waals surface area contributed by atoms with E-state index in [0.717, 1.165) is 4.72 Å². The number of hydrogen-bond donors (Lipinski definition) is 3. The highest BCUT2D eigenvalue weighted by Gasteiger charge is 2.03. The van der Waals surface area contributed by atoms with Gasteiger partial charge < -0.3 is 5.73 Å². The zero-order valence-electron chi connectivity index (χ0n) is 3.66. The number of nitrogens with one attached hydrogen (secondary N) is 1. The van der Waals surface area contributed by atoms with Crippen molar-refractivity contribution in [3.05, 3.63) is 0 Å². The van der Waals surface area contributed by atoms with Gasteiger partial charge in [0.1, 0.15) is 0 Å². The van der Waals surface area contributed by atoms with Gasteiger partial charge in [0.15, 0.2) is 0 Å². The SMILES string of the molecule is NC(=O)NS(=O)(=O)O. The van der Waals surface area contributed by atoms with E-state index in [2.05, 4.69) is 5.73 Å². The van der Waals surface area contributed by atoms with Crippen LogP contribution in [0.4, 0.5) is 4.79 Å². The second-order valence-corrected chi connectivity index (χ2v) is 2.10. The Morgan fingerprint density at radius 3 is 2.00 bits per heavy atom. The summed E-state index contributed by atoms with van der Waals surface area (Å²) in [5.74, 6) is 0. The summed E-state index contributed by atoms with van der Waals surface area (Å²) in [6.07, 6.45) is 0. The summed E-state index contributed by atoms with van der Waals surface area (Å²) in [7, 11) is -4.45. The number of nitrogens with two attached hydrogens (primary N) is 1. The van der Waals surface area contributed by atoms with Crippen molar-refractivity contribution >= 4 is 16.3 Å². The average molecular weight is 140 g/mol. The van der Waals surface area contributed by atoms with Crippen LogP contribution in [0.3, 0.4) is 0 Å². The third-order valence-corrected chi connectivity index (χ3v) is 0.689. The van der Waals surface area contributed by atoms with Crippen molar-refractivity contribution in [1.82, 2.24) is 4.72 Å². The van der Waals surface area contributed by atoms with E-state index in [0.29, 0.717) is 0 Å². The minimum Gasteiger partial charge on any atom is -0.351 e. The molecule has 0 aromatic rings. The van der Waals surface area contributed by atoms with Crippen LogP contribution in [0, 0.1) is 0 Å². The summed E-state index contributed by atoms with van der Waals surface area (Å²) in [4.78, 5) is 9.59. The maximum Gasteiger partial charge on any atom is 0.361 e. The first-order valence-corrected chi connectivity index (χ1v) is 2.90. The molecule has 0 spiro atoms. The Morgan fingerprint density at radius 1 is 1.62 bits per heavy atom. The second-order valence-electron chi connectivity index (χ2n) is 0.941. The molecule has 0 fully saturated rings. The highest BCUT2D eigenvalue weighted by molar-refractivity contribution is 7.84. The Hall–Kier alpha value is -0.820. The van der Waals surface area contributed by atoms with E-state index in [-0.39, 0.29) is 0 Å². The van der Waals surface area contributed by atoms with Crippen molar-refractivity contribution in [1.29, 1.82) is 0 Å². The largest absolute Gasteiger partial charge is 0.361 e. The van der Waals surface area contributed by atoms with E-state index >= 15 is 0 Å². The van der Waals surface area contributed by atoms with Crippen LogP contribution in [0.5, 0.6) is 0 Å². The maximum absolute atomic E-state index is 9.59. The first-order chi connectivity index (χ1) is 3.42. The second kappa shape index (κ2) is 1.97. The monoisotopic (exact) mass is 140 g/mol. The molecule has 0 heterocycles. The Bertz CT molecular complexity index is 180. The third kappa shape index (κ3) is 5.18. The Balaban J connectivity index is 3.95. The quantitative estimate of drug-likeness (QED) is 0.383. The number of rotatable bonds is 1. The van der Waals surface area contributed by atoms with Crippen LogP contribution in [-0.2, 0) is 10.3 Å². The standard InChI is InChI=1S/CH4N2O4S/c2-1(4)3-8(5,6)7/h(H3,2,3,4)(H,5,6,7). The van der Waals surface area contributed by atoms with Gasteiger partial charge in [0.25, 0.3) is 0 Å². The highest BCUT2D eigenvalue weighted by Crippen LogP contribution is 1.67. The van der Waals surface area contributed by atoms with Gasteiger partial charge in [0.2, 0.25) is 0 Å². The lowest BCUT2D eigenvalue weighted by Crippen LogP contribution is -2.34. The Morgan fingerprint density at radius 2 is 2.00 bits per heavy atom. The van der Waals surface area contributed by atoms with Gasteiger partial charge in [-0.15, -0.1) is 0 Å². The lowest BCUT2D eigenvalue weighted by Gasteiger charge is -1.91. The maximum atomic E-state index is 9.59. The molecule has 8 heavy (non-hydrogen) atoms. The van der Waals surface area contributed by atoms with Crippen LogP contribution < -0.4 is 10.5 Å². The molecule has 0 unspecified atom stereocenters. The molecule has 48 valence electrons. The fourth-order valence-corrected chi connectivity index (χ4v) is 0.381. The number of urea groups is 1. The van der Waals surface area contributed by atoms with Gasteiger partial charge >= 0.3 is 16.3 Å². The molecule has 2 amide bonds. The molecule has 0 aromatic carbocycles.